The second-order valence-electron chi connectivity index (χ2n) is 7.60. The molecule has 1 saturated heterocycles. The van der Waals surface area contributed by atoms with E-state index in [1.54, 1.807) is 18.2 Å². The first-order chi connectivity index (χ1) is 12.7. The zero-order chi connectivity index (χ0) is 19.4. The van der Waals surface area contributed by atoms with Crippen LogP contribution in [-0.4, -0.2) is 20.6 Å². The molecular formula is C19H20F3N4O. The molecule has 0 N–H and O–H groups in total. The fourth-order valence-electron chi connectivity index (χ4n) is 4.10. The van der Waals surface area contributed by atoms with Crippen molar-refractivity contribution < 1.29 is 17.6 Å². The highest BCUT2D eigenvalue weighted by Gasteiger charge is 2.40. The maximum absolute atomic E-state index is 13.7. The highest BCUT2D eigenvalue weighted by Crippen LogP contribution is 2.38. The summed E-state index contributed by atoms with van der Waals surface area (Å²) in [5.74, 6) is 0.697. The fraction of sp³-hybridized carbons (Fsp3) is 0.474. The Morgan fingerprint density at radius 1 is 1.26 bits per heavy atom. The van der Waals surface area contributed by atoms with Gasteiger partial charge in [0.05, 0.1) is 17.5 Å². The van der Waals surface area contributed by atoms with Gasteiger partial charge in [-0.25, -0.2) is 14.8 Å². The summed E-state index contributed by atoms with van der Waals surface area (Å²) in [6, 6.07) is 5.90. The third-order valence-corrected chi connectivity index (χ3v) is 5.04. The van der Waals surface area contributed by atoms with E-state index in [-0.39, 0.29) is 23.1 Å². The second-order valence-corrected chi connectivity index (χ2v) is 7.60. The molecule has 0 aromatic carbocycles. The molecule has 1 radical (unpaired) electrons. The first-order valence-electron chi connectivity index (χ1n) is 8.90. The minimum atomic E-state index is -4.57. The fourth-order valence-corrected chi connectivity index (χ4v) is 4.10. The van der Waals surface area contributed by atoms with Crippen LogP contribution in [0.1, 0.15) is 45.0 Å². The van der Waals surface area contributed by atoms with E-state index in [4.69, 9.17) is 9.73 Å². The molecule has 27 heavy (non-hydrogen) atoms. The molecule has 3 atom stereocenters. The molecular weight excluding hydrogens is 357 g/mol. The molecule has 1 aliphatic rings. The van der Waals surface area contributed by atoms with Gasteiger partial charge in [-0.15, -0.1) is 0 Å². The predicted molar refractivity (Wildman–Crippen MR) is 93.0 cm³/mol. The minimum Gasteiger partial charge on any atom is -0.463 e. The Hall–Kier alpha value is -2.35. The molecule has 3 unspecified atom stereocenters. The van der Waals surface area contributed by atoms with Gasteiger partial charge in [0.1, 0.15) is 5.69 Å². The Kier molecular flexibility index (Phi) is 4.06. The number of piperidine rings is 1. The summed E-state index contributed by atoms with van der Waals surface area (Å²) in [5, 5.41) is 9.07. The van der Waals surface area contributed by atoms with E-state index in [0.717, 1.165) is 23.4 Å². The Morgan fingerprint density at radius 2 is 2.04 bits per heavy atom. The number of fused-ring (bicyclic) bond motifs is 1. The molecule has 8 heteroatoms. The topological polar surface area (TPSA) is 57.4 Å². The molecule has 3 aromatic rings. The molecule has 1 aliphatic heterocycles. The SMILES string of the molecule is CC1CC(C)[N]C(C)(c2cc3nc(-c4ccco4)cc(C(F)(F)F)n3n2)C1. The van der Waals surface area contributed by atoms with Crippen LogP contribution in [0.3, 0.4) is 0 Å². The molecule has 5 nitrogen and oxygen atoms in total. The van der Waals surface area contributed by atoms with E-state index in [1.807, 2.05) is 13.8 Å². The lowest BCUT2D eigenvalue weighted by Crippen LogP contribution is -2.45. The van der Waals surface area contributed by atoms with Gasteiger partial charge in [0.15, 0.2) is 17.1 Å². The van der Waals surface area contributed by atoms with Crippen molar-refractivity contribution in [1.29, 1.82) is 0 Å². The van der Waals surface area contributed by atoms with Gasteiger partial charge in [-0.05, 0) is 50.8 Å². The van der Waals surface area contributed by atoms with Crippen LogP contribution in [0, 0.1) is 5.92 Å². The number of rotatable bonds is 2. The average molecular weight is 377 g/mol. The first kappa shape index (κ1) is 18.0. The van der Waals surface area contributed by atoms with Crippen LogP contribution < -0.4 is 5.32 Å². The quantitative estimate of drug-likeness (QED) is 0.653. The van der Waals surface area contributed by atoms with Crippen molar-refractivity contribution in [2.24, 2.45) is 5.92 Å². The van der Waals surface area contributed by atoms with Gasteiger partial charge in [-0.1, -0.05) is 6.92 Å². The highest BCUT2D eigenvalue weighted by molar-refractivity contribution is 5.58. The predicted octanol–water partition coefficient (Wildman–Crippen LogP) is 4.65. The molecule has 4 heterocycles. The van der Waals surface area contributed by atoms with Crippen LogP contribution in [0.5, 0.6) is 0 Å². The first-order valence-corrected chi connectivity index (χ1v) is 8.90. The van der Waals surface area contributed by atoms with Gasteiger partial charge in [0.25, 0.3) is 0 Å². The van der Waals surface area contributed by atoms with Gasteiger partial charge in [0.2, 0.25) is 0 Å². The average Bonchev–Trinajstić information content (AvgIpc) is 3.21. The molecule has 3 aromatic heterocycles. The van der Waals surface area contributed by atoms with Gasteiger partial charge in [-0.3, -0.25) is 0 Å². The maximum atomic E-state index is 13.7. The molecule has 143 valence electrons. The van der Waals surface area contributed by atoms with E-state index < -0.39 is 17.4 Å². The van der Waals surface area contributed by atoms with Crippen molar-refractivity contribution >= 4 is 5.65 Å². The van der Waals surface area contributed by atoms with Crippen molar-refractivity contribution in [1.82, 2.24) is 19.9 Å². The number of aromatic nitrogens is 3. The van der Waals surface area contributed by atoms with Crippen molar-refractivity contribution in [2.75, 3.05) is 0 Å². The lowest BCUT2D eigenvalue weighted by atomic mass is 9.79. The third kappa shape index (κ3) is 3.22. The Labute approximate surface area is 154 Å². The summed E-state index contributed by atoms with van der Waals surface area (Å²) >= 11 is 0. The smallest absolute Gasteiger partial charge is 0.433 e. The lowest BCUT2D eigenvalue weighted by Gasteiger charge is -2.38. The second kappa shape index (κ2) is 6.09. The minimum absolute atomic E-state index is 0.124. The lowest BCUT2D eigenvalue weighted by molar-refractivity contribution is -0.142. The molecule has 0 amide bonds. The number of alkyl halides is 3. The normalized spacial score (nSPS) is 26.6. The molecule has 0 spiro atoms. The molecule has 1 fully saturated rings. The van der Waals surface area contributed by atoms with E-state index >= 15 is 0 Å². The third-order valence-electron chi connectivity index (χ3n) is 5.04. The van der Waals surface area contributed by atoms with Crippen LogP contribution >= 0.6 is 0 Å². The van der Waals surface area contributed by atoms with E-state index in [9.17, 15) is 13.2 Å². The van der Waals surface area contributed by atoms with E-state index in [1.165, 1.54) is 6.26 Å². The summed E-state index contributed by atoms with van der Waals surface area (Å²) in [4.78, 5) is 4.34. The molecule has 0 bridgehead atoms. The number of hydrogen-bond donors (Lipinski definition) is 0. The van der Waals surface area contributed by atoms with Crippen LogP contribution in [0.15, 0.2) is 34.9 Å². The van der Waals surface area contributed by atoms with Gasteiger partial charge in [0, 0.05) is 12.1 Å². The van der Waals surface area contributed by atoms with Gasteiger partial charge < -0.3 is 4.42 Å². The molecule has 0 aliphatic carbocycles. The van der Waals surface area contributed by atoms with Crippen molar-refractivity contribution in [3.05, 3.63) is 41.9 Å². The van der Waals surface area contributed by atoms with Crippen LogP contribution in [-0.2, 0) is 11.7 Å². The summed E-state index contributed by atoms with van der Waals surface area (Å²) in [5.41, 5.74) is -0.744. The van der Waals surface area contributed by atoms with Crippen LogP contribution in [0.4, 0.5) is 13.2 Å². The van der Waals surface area contributed by atoms with Crippen molar-refractivity contribution in [3.8, 4) is 11.5 Å². The summed E-state index contributed by atoms with van der Waals surface area (Å²) in [6.45, 7) is 6.09. The van der Waals surface area contributed by atoms with E-state index in [0.29, 0.717) is 11.6 Å². The zero-order valence-electron chi connectivity index (χ0n) is 15.3. The standard InChI is InChI=1S/C19H20F3N4O/c1-11-7-12(2)24-18(3,10-11)15-9-17-23-13(14-5-4-6-27-14)8-16(19(20,21)22)26(17)25-15/h4-6,8-9,11-12H,7,10H2,1-3H3. The summed E-state index contributed by atoms with van der Waals surface area (Å²) < 4.78 is 47.1. The van der Waals surface area contributed by atoms with Crippen LogP contribution in [0.2, 0.25) is 0 Å². The maximum Gasteiger partial charge on any atom is 0.433 e. The number of halogens is 3. The Balaban J connectivity index is 1.88. The number of furan rings is 1. The van der Waals surface area contributed by atoms with E-state index in [2.05, 4.69) is 17.0 Å². The molecule has 4 rings (SSSR count). The van der Waals surface area contributed by atoms with Crippen molar-refractivity contribution in [2.45, 2.75) is 51.4 Å². The van der Waals surface area contributed by atoms with Crippen LogP contribution in [0.25, 0.3) is 17.1 Å². The van der Waals surface area contributed by atoms with Crippen molar-refractivity contribution in [3.63, 3.8) is 0 Å². The number of nitrogens with zero attached hydrogens (tertiary/aromatic N) is 4. The van der Waals surface area contributed by atoms with Gasteiger partial charge in [-0.2, -0.15) is 18.3 Å². The highest BCUT2D eigenvalue weighted by atomic mass is 19.4. The zero-order valence-corrected chi connectivity index (χ0v) is 15.3. The Bertz CT molecular complexity index is 951. The largest absolute Gasteiger partial charge is 0.463 e. The summed E-state index contributed by atoms with van der Waals surface area (Å²) in [7, 11) is 0. The monoisotopic (exact) mass is 377 g/mol. The molecule has 0 saturated carbocycles. The van der Waals surface area contributed by atoms with Gasteiger partial charge >= 0.3 is 6.18 Å². The summed E-state index contributed by atoms with van der Waals surface area (Å²) in [6.07, 6.45) is -1.46. The number of hydrogen-bond acceptors (Lipinski definition) is 3. The Morgan fingerprint density at radius 3 is 2.67 bits per heavy atom.